The lowest BCUT2D eigenvalue weighted by atomic mass is 10.1. The largest absolute Gasteiger partial charge is 0.397 e. The van der Waals surface area contributed by atoms with Crippen molar-refractivity contribution in [2.45, 2.75) is 20.5 Å². The number of alkyl halides is 1. The van der Waals surface area contributed by atoms with Crippen molar-refractivity contribution in [1.82, 2.24) is 9.78 Å². The van der Waals surface area contributed by atoms with Crippen molar-refractivity contribution >= 4 is 28.7 Å². The molecule has 5 N–H and O–H groups in total. The van der Waals surface area contributed by atoms with E-state index < -0.39 is 18.4 Å². The Balaban J connectivity index is 1.89. The molecule has 3 rings (SSSR count). The molecule has 0 bridgehead atoms. The number of nitrogens with one attached hydrogen (secondary N) is 1. The minimum atomic E-state index is -0.989. The molecule has 34 heavy (non-hydrogen) atoms. The van der Waals surface area contributed by atoms with E-state index in [0.29, 0.717) is 16.9 Å². The first kappa shape index (κ1) is 24.7. The highest BCUT2D eigenvalue weighted by atomic mass is 19.1. The first-order valence-corrected chi connectivity index (χ1v) is 10.5. The average Bonchev–Trinajstić information content (AvgIpc) is 3.13. The Kier molecular flexibility index (Phi) is 7.21. The van der Waals surface area contributed by atoms with Gasteiger partial charge in [-0.25, -0.2) is 14.6 Å². The SMILES string of the molecule is Cc1ccc(C(=O)Nc2cc(CF)c(F)c(N(C)C)c2)cc1N(N)/C=C(\N)c1cnn(C)c1C. The van der Waals surface area contributed by atoms with Crippen LogP contribution in [-0.4, -0.2) is 29.8 Å². The summed E-state index contributed by atoms with van der Waals surface area (Å²) >= 11 is 0. The highest BCUT2D eigenvalue weighted by molar-refractivity contribution is 6.05. The Morgan fingerprint density at radius 1 is 1.21 bits per heavy atom. The molecule has 8 nitrogen and oxygen atoms in total. The number of nitrogens with zero attached hydrogens (tertiary/aromatic N) is 4. The second kappa shape index (κ2) is 9.92. The molecule has 10 heteroatoms. The van der Waals surface area contributed by atoms with E-state index in [9.17, 15) is 13.6 Å². The Morgan fingerprint density at radius 3 is 2.50 bits per heavy atom. The van der Waals surface area contributed by atoms with E-state index in [1.807, 2.05) is 20.9 Å². The lowest BCUT2D eigenvalue weighted by Crippen LogP contribution is -2.27. The number of halogens is 2. The molecule has 1 aromatic heterocycles. The summed E-state index contributed by atoms with van der Waals surface area (Å²) in [4.78, 5) is 14.4. The van der Waals surface area contributed by atoms with Gasteiger partial charge in [0, 0.05) is 55.4 Å². The fourth-order valence-electron chi connectivity index (χ4n) is 3.47. The number of nitrogens with two attached hydrogens (primary N) is 2. The number of carbonyl (C=O) groups is 1. The van der Waals surface area contributed by atoms with E-state index >= 15 is 0 Å². The van der Waals surface area contributed by atoms with Crippen LogP contribution >= 0.6 is 0 Å². The van der Waals surface area contributed by atoms with Crippen LogP contribution in [0.25, 0.3) is 5.70 Å². The van der Waals surface area contributed by atoms with Crippen molar-refractivity contribution in [3.05, 3.63) is 76.5 Å². The predicted octanol–water partition coefficient (Wildman–Crippen LogP) is 3.60. The normalized spacial score (nSPS) is 11.5. The second-order valence-corrected chi connectivity index (χ2v) is 8.21. The van der Waals surface area contributed by atoms with Gasteiger partial charge in [0.05, 0.1) is 23.3 Å². The molecular formula is C24H29F2N7O. The monoisotopic (exact) mass is 469 g/mol. The van der Waals surface area contributed by atoms with Gasteiger partial charge in [0.15, 0.2) is 5.82 Å². The van der Waals surface area contributed by atoms with Crippen LogP contribution in [-0.2, 0) is 13.7 Å². The minimum Gasteiger partial charge on any atom is -0.397 e. The number of benzene rings is 2. The van der Waals surface area contributed by atoms with Gasteiger partial charge in [-0.05, 0) is 43.7 Å². The van der Waals surface area contributed by atoms with Gasteiger partial charge >= 0.3 is 0 Å². The molecule has 0 spiro atoms. The molecule has 0 aliphatic rings. The first-order chi connectivity index (χ1) is 16.0. The Labute approximate surface area is 197 Å². The van der Waals surface area contributed by atoms with E-state index in [-0.39, 0.29) is 16.9 Å². The maximum atomic E-state index is 14.4. The van der Waals surface area contributed by atoms with E-state index in [1.54, 1.807) is 49.4 Å². The third-order valence-corrected chi connectivity index (χ3v) is 5.59. The van der Waals surface area contributed by atoms with Gasteiger partial charge in [0.2, 0.25) is 0 Å². The van der Waals surface area contributed by atoms with Crippen LogP contribution in [0.2, 0.25) is 0 Å². The zero-order valence-corrected chi connectivity index (χ0v) is 19.9. The Morgan fingerprint density at radius 2 is 1.91 bits per heavy atom. The number of anilines is 3. The number of rotatable bonds is 7. The molecule has 3 aromatic rings. The van der Waals surface area contributed by atoms with Crippen molar-refractivity contribution in [3.8, 4) is 0 Å². The standard InChI is InChI=1S/C24H29F2N7O/c1-14-6-7-16(9-21(14)33(28)13-20(27)19-12-29-32(5)15(19)2)24(34)30-18-8-17(11-25)23(26)22(10-18)31(3)4/h6-10,12-13H,11,27-28H2,1-5H3,(H,30,34)/b20-13-. The number of hydrazine groups is 1. The maximum absolute atomic E-state index is 14.4. The molecule has 0 saturated heterocycles. The number of carbonyl (C=O) groups excluding carboxylic acids is 1. The van der Waals surface area contributed by atoms with E-state index in [1.165, 1.54) is 22.0 Å². The number of hydrogen-bond acceptors (Lipinski definition) is 6. The molecule has 0 saturated carbocycles. The highest BCUT2D eigenvalue weighted by Crippen LogP contribution is 2.28. The average molecular weight is 470 g/mol. The van der Waals surface area contributed by atoms with Gasteiger partial charge in [-0.2, -0.15) is 5.10 Å². The number of aromatic nitrogens is 2. The zero-order chi connectivity index (χ0) is 25.2. The van der Waals surface area contributed by atoms with Gasteiger partial charge in [0.1, 0.15) is 6.67 Å². The number of amides is 1. The van der Waals surface area contributed by atoms with E-state index in [2.05, 4.69) is 10.4 Å². The summed E-state index contributed by atoms with van der Waals surface area (Å²) in [5, 5.41) is 8.23. The molecule has 0 aliphatic carbocycles. The predicted molar refractivity (Wildman–Crippen MR) is 131 cm³/mol. The van der Waals surface area contributed by atoms with Gasteiger partial charge in [0.25, 0.3) is 5.91 Å². The quantitative estimate of drug-likeness (QED) is 0.361. The Bertz CT molecular complexity index is 1250. The van der Waals surface area contributed by atoms with Crippen LogP contribution < -0.4 is 26.8 Å². The van der Waals surface area contributed by atoms with Gasteiger partial charge < -0.3 is 16.0 Å². The Hall–Kier alpha value is -3.92. The molecule has 180 valence electrons. The van der Waals surface area contributed by atoms with Crippen molar-refractivity contribution in [3.63, 3.8) is 0 Å². The third kappa shape index (κ3) is 5.01. The highest BCUT2D eigenvalue weighted by Gasteiger charge is 2.16. The smallest absolute Gasteiger partial charge is 0.255 e. The summed E-state index contributed by atoms with van der Waals surface area (Å²) < 4.78 is 29.4. The van der Waals surface area contributed by atoms with Gasteiger partial charge in [-0.1, -0.05) is 6.07 Å². The molecule has 0 aliphatic heterocycles. The molecule has 0 atom stereocenters. The first-order valence-electron chi connectivity index (χ1n) is 10.5. The fourth-order valence-corrected chi connectivity index (χ4v) is 3.47. The fraction of sp³-hybridized carbons (Fsp3) is 0.250. The van der Waals surface area contributed by atoms with Crippen molar-refractivity contribution in [2.24, 2.45) is 18.6 Å². The summed E-state index contributed by atoms with van der Waals surface area (Å²) in [5.41, 5.74) is 10.3. The van der Waals surface area contributed by atoms with Crippen LogP contribution in [0.3, 0.4) is 0 Å². The number of hydrogen-bond donors (Lipinski definition) is 3. The molecule has 0 radical (unpaired) electrons. The lowest BCUT2D eigenvalue weighted by Gasteiger charge is -2.19. The summed E-state index contributed by atoms with van der Waals surface area (Å²) in [5.74, 6) is 5.14. The maximum Gasteiger partial charge on any atom is 0.255 e. The third-order valence-electron chi connectivity index (χ3n) is 5.59. The minimum absolute atomic E-state index is 0.134. The molecular weight excluding hydrogens is 440 g/mol. The summed E-state index contributed by atoms with van der Waals surface area (Å²) in [7, 11) is 5.10. The molecule has 1 heterocycles. The zero-order valence-electron chi connectivity index (χ0n) is 19.9. The van der Waals surface area contributed by atoms with Gasteiger partial charge in [-0.15, -0.1) is 0 Å². The van der Waals surface area contributed by atoms with Crippen molar-refractivity contribution in [1.29, 1.82) is 0 Å². The van der Waals surface area contributed by atoms with Crippen molar-refractivity contribution < 1.29 is 13.6 Å². The van der Waals surface area contributed by atoms with Gasteiger partial charge in [-0.3, -0.25) is 14.5 Å². The lowest BCUT2D eigenvalue weighted by molar-refractivity contribution is 0.102. The van der Waals surface area contributed by atoms with Crippen molar-refractivity contribution in [2.75, 3.05) is 29.3 Å². The van der Waals surface area contributed by atoms with Crippen LogP contribution in [0.1, 0.15) is 32.7 Å². The summed E-state index contributed by atoms with van der Waals surface area (Å²) in [6.07, 6.45) is 3.22. The topological polar surface area (TPSA) is 105 Å². The molecule has 1 amide bonds. The van der Waals surface area contributed by atoms with Crippen LogP contribution in [0.4, 0.5) is 25.8 Å². The van der Waals surface area contributed by atoms with Crippen LogP contribution in [0.15, 0.2) is 42.7 Å². The van der Waals surface area contributed by atoms with E-state index in [4.69, 9.17) is 11.6 Å². The van der Waals surface area contributed by atoms with Crippen LogP contribution in [0, 0.1) is 19.7 Å². The second-order valence-electron chi connectivity index (χ2n) is 8.21. The molecule has 0 fully saturated rings. The van der Waals surface area contributed by atoms with E-state index in [0.717, 1.165) is 16.8 Å². The molecule has 2 aromatic carbocycles. The molecule has 0 unspecified atom stereocenters. The number of aryl methyl sites for hydroxylation is 2. The summed E-state index contributed by atoms with van der Waals surface area (Å²) in [6.45, 7) is 2.76. The summed E-state index contributed by atoms with van der Waals surface area (Å²) in [6, 6.07) is 7.76. The van der Waals surface area contributed by atoms with Crippen LogP contribution in [0.5, 0.6) is 0 Å².